The fourth-order valence-corrected chi connectivity index (χ4v) is 4.39. The molecule has 0 atom stereocenters. The van der Waals surface area contributed by atoms with E-state index < -0.39 is 0 Å². The van der Waals surface area contributed by atoms with Crippen LogP contribution in [0.25, 0.3) is 49.7 Å². The van der Waals surface area contributed by atoms with Crippen molar-refractivity contribution in [3.8, 4) is 16.8 Å². The molecular formula is C27H19N3O3. The van der Waals surface area contributed by atoms with Crippen molar-refractivity contribution in [2.24, 2.45) is 0 Å². The zero-order chi connectivity index (χ0) is 22.5. The van der Waals surface area contributed by atoms with Crippen LogP contribution < -0.4 is 5.43 Å². The first-order chi connectivity index (χ1) is 16.1. The van der Waals surface area contributed by atoms with Crippen LogP contribution in [0.3, 0.4) is 0 Å². The lowest BCUT2D eigenvalue weighted by molar-refractivity contribution is 0.249. The minimum absolute atomic E-state index is 0.198. The van der Waals surface area contributed by atoms with Crippen molar-refractivity contribution >= 4 is 32.9 Å². The maximum atomic E-state index is 13.0. The van der Waals surface area contributed by atoms with Crippen molar-refractivity contribution in [3.05, 3.63) is 101 Å². The normalized spacial score (nSPS) is 11.6. The van der Waals surface area contributed by atoms with Gasteiger partial charge < -0.3 is 9.52 Å². The topological polar surface area (TPSA) is 81.2 Å². The predicted octanol–water partition coefficient (Wildman–Crippen LogP) is 5.15. The molecule has 0 bridgehead atoms. The Morgan fingerprint density at radius 1 is 0.939 bits per heavy atom. The molecule has 3 aromatic heterocycles. The van der Waals surface area contributed by atoms with Gasteiger partial charge in [-0.15, -0.1) is 0 Å². The van der Waals surface area contributed by atoms with E-state index in [9.17, 15) is 9.90 Å². The van der Waals surface area contributed by atoms with Gasteiger partial charge in [0.2, 0.25) is 5.43 Å². The van der Waals surface area contributed by atoms with E-state index in [4.69, 9.17) is 14.5 Å². The molecule has 0 fully saturated rings. The molecule has 33 heavy (non-hydrogen) atoms. The van der Waals surface area contributed by atoms with Gasteiger partial charge >= 0.3 is 0 Å². The summed E-state index contributed by atoms with van der Waals surface area (Å²) in [7, 11) is 0. The number of nitrogens with zero attached hydrogens (tertiary/aromatic N) is 3. The number of aryl methyl sites for hydroxylation is 1. The van der Waals surface area contributed by atoms with Crippen molar-refractivity contribution in [1.29, 1.82) is 0 Å². The summed E-state index contributed by atoms with van der Waals surface area (Å²) < 4.78 is 7.78. The second kappa shape index (κ2) is 7.39. The highest BCUT2D eigenvalue weighted by molar-refractivity contribution is 6.08. The summed E-state index contributed by atoms with van der Waals surface area (Å²) in [5.74, 6) is 0.198. The van der Waals surface area contributed by atoms with E-state index in [1.165, 1.54) is 6.07 Å². The van der Waals surface area contributed by atoms with Crippen LogP contribution >= 0.6 is 0 Å². The smallest absolute Gasteiger partial charge is 0.211 e. The monoisotopic (exact) mass is 433 g/mol. The molecule has 0 radical (unpaired) electrons. The van der Waals surface area contributed by atoms with E-state index in [-0.39, 0.29) is 23.3 Å². The molecule has 0 saturated carbocycles. The Labute approximate surface area is 188 Å². The predicted molar refractivity (Wildman–Crippen MR) is 129 cm³/mol. The van der Waals surface area contributed by atoms with E-state index in [1.807, 2.05) is 61.5 Å². The third-order valence-corrected chi connectivity index (χ3v) is 5.90. The van der Waals surface area contributed by atoms with E-state index in [1.54, 1.807) is 4.68 Å². The molecule has 6 heteroatoms. The highest BCUT2D eigenvalue weighted by atomic mass is 16.4. The molecule has 0 aliphatic rings. The Bertz CT molecular complexity index is 1730. The molecule has 0 aliphatic carbocycles. The van der Waals surface area contributed by atoms with Gasteiger partial charge in [-0.25, -0.2) is 9.67 Å². The Balaban J connectivity index is 1.80. The average molecular weight is 433 g/mol. The van der Waals surface area contributed by atoms with Crippen LogP contribution in [0.5, 0.6) is 0 Å². The zero-order valence-corrected chi connectivity index (χ0v) is 17.8. The van der Waals surface area contributed by atoms with Crippen LogP contribution in [0.4, 0.5) is 0 Å². The second-order valence-corrected chi connectivity index (χ2v) is 7.99. The first-order valence-corrected chi connectivity index (χ1v) is 10.7. The second-order valence-electron chi connectivity index (χ2n) is 7.99. The highest BCUT2D eigenvalue weighted by Gasteiger charge is 2.22. The van der Waals surface area contributed by atoms with Gasteiger partial charge in [0.15, 0.2) is 16.7 Å². The minimum atomic E-state index is -0.372. The number of para-hydroxylation sites is 1. The van der Waals surface area contributed by atoms with Gasteiger partial charge in [0, 0.05) is 11.6 Å². The van der Waals surface area contributed by atoms with Crippen molar-refractivity contribution < 1.29 is 9.52 Å². The van der Waals surface area contributed by atoms with Gasteiger partial charge in [-0.3, -0.25) is 4.79 Å². The van der Waals surface area contributed by atoms with Crippen molar-refractivity contribution in [1.82, 2.24) is 14.8 Å². The van der Waals surface area contributed by atoms with Crippen LogP contribution in [-0.4, -0.2) is 19.9 Å². The lowest BCUT2D eigenvalue weighted by Gasteiger charge is -2.11. The van der Waals surface area contributed by atoms with Crippen molar-refractivity contribution in [2.75, 3.05) is 0 Å². The van der Waals surface area contributed by atoms with E-state index >= 15 is 0 Å². The first kappa shape index (κ1) is 19.4. The van der Waals surface area contributed by atoms with E-state index in [2.05, 4.69) is 18.2 Å². The van der Waals surface area contributed by atoms with Crippen LogP contribution in [0.2, 0.25) is 0 Å². The summed E-state index contributed by atoms with van der Waals surface area (Å²) in [4.78, 5) is 17.7. The molecule has 0 saturated heterocycles. The molecule has 0 spiro atoms. The summed E-state index contributed by atoms with van der Waals surface area (Å²) in [5.41, 5.74) is 4.09. The number of benzene rings is 3. The summed E-state index contributed by atoms with van der Waals surface area (Å²) in [6.45, 7) is 1.55. The molecule has 6 rings (SSSR count). The number of aliphatic hydroxyl groups excluding tert-OH is 1. The van der Waals surface area contributed by atoms with Crippen LogP contribution in [0.1, 0.15) is 11.5 Å². The average Bonchev–Trinajstić information content (AvgIpc) is 3.19. The fourth-order valence-electron chi connectivity index (χ4n) is 4.39. The number of fused-ring (bicyclic) bond motifs is 3. The third-order valence-electron chi connectivity index (χ3n) is 5.90. The lowest BCUT2D eigenvalue weighted by Crippen LogP contribution is -2.07. The van der Waals surface area contributed by atoms with Crippen molar-refractivity contribution in [2.45, 2.75) is 13.5 Å². The van der Waals surface area contributed by atoms with Gasteiger partial charge in [0.1, 0.15) is 12.4 Å². The number of rotatable bonds is 3. The SMILES string of the molecule is Cc1nn(-c2ccccc2)c2nc3c(=O)cc(CO)oc3c(-c3ccc4ccccc4c3)c12. The third kappa shape index (κ3) is 3.03. The number of pyridine rings is 1. The Kier molecular flexibility index (Phi) is 4.35. The molecule has 160 valence electrons. The van der Waals surface area contributed by atoms with Crippen molar-refractivity contribution in [3.63, 3.8) is 0 Å². The zero-order valence-electron chi connectivity index (χ0n) is 17.8. The Morgan fingerprint density at radius 3 is 2.48 bits per heavy atom. The molecule has 0 amide bonds. The number of aliphatic hydroxyl groups is 1. The van der Waals surface area contributed by atoms with Gasteiger partial charge in [0.05, 0.1) is 16.8 Å². The molecule has 3 aromatic carbocycles. The minimum Gasteiger partial charge on any atom is -0.456 e. The van der Waals surface area contributed by atoms with Crippen LogP contribution in [0.15, 0.2) is 88.1 Å². The van der Waals surface area contributed by atoms with Gasteiger partial charge in [-0.2, -0.15) is 5.10 Å². The van der Waals surface area contributed by atoms with Gasteiger partial charge in [0.25, 0.3) is 0 Å². The summed E-state index contributed by atoms with van der Waals surface area (Å²) in [6, 6.07) is 25.3. The van der Waals surface area contributed by atoms with Crippen LogP contribution in [0, 0.1) is 6.92 Å². The fraction of sp³-hybridized carbons (Fsp3) is 0.0741. The van der Waals surface area contributed by atoms with Crippen LogP contribution in [-0.2, 0) is 6.61 Å². The molecule has 1 N–H and O–H groups in total. The van der Waals surface area contributed by atoms with E-state index in [0.29, 0.717) is 11.2 Å². The molecular weight excluding hydrogens is 414 g/mol. The molecule has 3 heterocycles. The number of hydrogen-bond acceptors (Lipinski definition) is 5. The van der Waals surface area contributed by atoms with Gasteiger partial charge in [-0.1, -0.05) is 54.6 Å². The maximum Gasteiger partial charge on any atom is 0.211 e. The number of hydrogen-bond donors (Lipinski definition) is 1. The maximum absolute atomic E-state index is 13.0. The summed E-state index contributed by atoms with van der Waals surface area (Å²) in [6.07, 6.45) is 0. The molecule has 6 aromatic rings. The summed E-state index contributed by atoms with van der Waals surface area (Å²) in [5, 5.41) is 17.4. The number of aromatic nitrogens is 3. The summed E-state index contributed by atoms with van der Waals surface area (Å²) >= 11 is 0. The van der Waals surface area contributed by atoms with Gasteiger partial charge in [-0.05, 0) is 41.5 Å². The largest absolute Gasteiger partial charge is 0.456 e. The quantitative estimate of drug-likeness (QED) is 0.418. The standard InChI is InChI=1S/C27H19N3O3/c1-16-23-24(19-12-11-17-7-5-6-8-18(17)13-19)26-25(22(32)14-21(15-31)33-26)28-27(23)30(29-16)20-9-3-2-4-10-20/h2-14,31H,15H2,1H3. The molecule has 0 aliphatic heterocycles. The Morgan fingerprint density at radius 2 is 1.70 bits per heavy atom. The molecule has 0 unspecified atom stereocenters. The first-order valence-electron chi connectivity index (χ1n) is 10.7. The van der Waals surface area contributed by atoms with E-state index in [0.717, 1.165) is 38.7 Å². The highest BCUT2D eigenvalue weighted by Crippen LogP contribution is 2.38. The molecule has 6 nitrogen and oxygen atoms in total. The lowest BCUT2D eigenvalue weighted by atomic mass is 9.97. The Hall–Kier alpha value is -4.29.